The van der Waals surface area contributed by atoms with Gasteiger partial charge >= 0.3 is 5.76 Å². The summed E-state index contributed by atoms with van der Waals surface area (Å²) in [5.74, 6) is -0.459. The van der Waals surface area contributed by atoms with E-state index in [0.717, 1.165) is 11.9 Å². The quantitative estimate of drug-likeness (QED) is 0.690. The van der Waals surface area contributed by atoms with E-state index in [4.69, 9.17) is 4.42 Å². The van der Waals surface area contributed by atoms with E-state index in [-0.39, 0.29) is 11.5 Å². The van der Waals surface area contributed by atoms with Gasteiger partial charge in [-0.25, -0.2) is 4.79 Å². The molecule has 0 saturated carbocycles. The van der Waals surface area contributed by atoms with Crippen LogP contribution in [0.2, 0.25) is 0 Å². The van der Waals surface area contributed by atoms with Gasteiger partial charge in [0, 0.05) is 17.7 Å². The molecule has 0 aliphatic heterocycles. The largest absolute Gasteiger partial charge is 0.419 e. The van der Waals surface area contributed by atoms with Crippen molar-refractivity contribution in [3.63, 3.8) is 0 Å². The minimum Gasteiger partial charge on any atom is -0.408 e. The number of nitrogens with zero attached hydrogens (tertiary/aromatic N) is 1. The molecule has 1 aromatic heterocycles. The number of carbonyl (C=O) groups is 1. The molecule has 0 radical (unpaired) electrons. The van der Waals surface area contributed by atoms with Crippen LogP contribution in [0.5, 0.6) is 0 Å². The zero-order valence-corrected chi connectivity index (χ0v) is 11.7. The lowest BCUT2D eigenvalue weighted by molar-refractivity contribution is 0.103. The van der Waals surface area contributed by atoms with Crippen molar-refractivity contribution < 1.29 is 9.21 Å². The summed E-state index contributed by atoms with van der Waals surface area (Å²) in [7, 11) is 0. The minimum absolute atomic E-state index is 0.0802. The SMILES string of the molecule is CCCn1c(=O)oc2cc(C(=O)c3ccccc3)ccc21. The summed E-state index contributed by atoms with van der Waals surface area (Å²) in [6.45, 7) is 2.61. The number of hydrogen-bond acceptors (Lipinski definition) is 3. The highest BCUT2D eigenvalue weighted by Crippen LogP contribution is 2.18. The van der Waals surface area contributed by atoms with Crippen LogP contribution < -0.4 is 5.76 Å². The molecule has 0 saturated heterocycles. The Kier molecular flexibility index (Phi) is 3.44. The molecule has 21 heavy (non-hydrogen) atoms. The summed E-state index contributed by atoms with van der Waals surface area (Å²) in [4.78, 5) is 24.2. The monoisotopic (exact) mass is 281 g/mol. The Labute approximate surface area is 121 Å². The van der Waals surface area contributed by atoms with Crippen molar-refractivity contribution in [1.82, 2.24) is 4.57 Å². The fraction of sp³-hybridized carbons (Fsp3) is 0.176. The van der Waals surface area contributed by atoms with Gasteiger partial charge in [0.05, 0.1) is 5.52 Å². The molecule has 0 atom stereocenters. The van der Waals surface area contributed by atoms with Crippen LogP contribution in [0.4, 0.5) is 0 Å². The molecule has 0 spiro atoms. The zero-order valence-electron chi connectivity index (χ0n) is 11.7. The average molecular weight is 281 g/mol. The van der Waals surface area contributed by atoms with Crippen LogP contribution in [-0.4, -0.2) is 10.4 Å². The van der Waals surface area contributed by atoms with Gasteiger partial charge in [-0.2, -0.15) is 0 Å². The third-order valence-corrected chi connectivity index (χ3v) is 3.41. The first kappa shape index (κ1) is 13.4. The second-order valence-electron chi connectivity index (χ2n) is 4.90. The molecule has 1 heterocycles. The second-order valence-corrected chi connectivity index (χ2v) is 4.90. The van der Waals surface area contributed by atoms with Crippen molar-refractivity contribution in [3.8, 4) is 0 Å². The van der Waals surface area contributed by atoms with E-state index in [1.807, 2.05) is 25.1 Å². The van der Waals surface area contributed by atoms with Crippen molar-refractivity contribution in [1.29, 1.82) is 0 Å². The van der Waals surface area contributed by atoms with Gasteiger partial charge in [-0.05, 0) is 24.6 Å². The van der Waals surface area contributed by atoms with Gasteiger partial charge in [-0.1, -0.05) is 37.3 Å². The Morgan fingerprint density at radius 1 is 1.10 bits per heavy atom. The van der Waals surface area contributed by atoms with E-state index in [2.05, 4.69) is 0 Å². The summed E-state index contributed by atoms with van der Waals surface area (Å²) >= 11 is 0. The van der Waals surface area contributed by atoms with Crippen LogP contribution in [0, 0.1) is 0 Å². The summed E-state index contributed by atoms with van der Waals surface area (Å²) < 4.78 is 6.82. The van der Waals surface area contributed by atoms with Gasteiger partial charge < -0.3 is 4.42 Å². The number of hydrogen-bond donors (Lipinski definition) is 0. The highest BCUT2D eigenvalue weighted by Gasteiger charge is 2.13. The zero-order chi connectivity index (χ0) is 14.8. The Morgan fingerprint density at radius 3 is 2.57 bits per heavy atom. The van der Waals surface area contributed by atoms with Gasteiger partial charge in [0.2, 0.25) is 0 Å². The highest BCUT2D eigenvalue weighted by atomic mass is 16.4. The highest BCUT2D eigenvalue weighted by molar-refractivity contribution is 6.10. The number of fused-ring (bicyclic) bond motifs is 1. The van der Waals surface area contributed by atoms with Crippen molar-refractivity contribution in [2.45, 2.75) is 19.9 Å². The topological polar surface area (TPSA) is 52.2 Å². The maximum absolute atomic E-state index is 12.4. The molecule has 0 fully saturated rings. The van der Waals surface area contributed by atoms with E-state index in [1.165, 1.54) is 0 Å². The first-order valence-electron chi connectivity index (χ1n) is 6.94. The number of oxazole rings is 1. The van der Waals surface area contributed by atoms with Crippen molar-refractivity contribution >= 4 is 16.9 Å². The predicted molar refractivity (Wildman–Crippen MR) is 80.6 cm³/mol. The molecule has 0 N–H and O–H groups in total. The molecular weight excluding hydrogens is 266 g/mol. The first-order chi connectivity index (χ1) is 10.2. The summed E-state index contributed by atoms with van der Waals surface area (Å²) in [5, 5.41) is 0. The molecule has 0 unspecified atom stereocenters. The Balaban J connectivity index is 2.06. The van der Waals surface area contributed by atoms with Gasteiger partial charge in [0.1, 0.15) is 0 Å². The van der Waals surface area contributed by atoms with Crippen LogP contribution in [0.25, 0.3) is 11.1 Å². The van der Waals surface area contributed by atoms with Crippen molar-refractivity contribution in [3.05, 3.63) is 70.2 Å². The first-order valence-corrected chi connectivity index (χ1v) is 6.94. The molecule has 4 heteroatoms. The molecular formula is C17H15NO3. The molecule has 3 rings (SSSR count). The van der Waals surface area contributed by atoms with Crippen LogP contribution in [0.1, 0.15) is 29.3 Å². The lowest BCUT2D eigenvalue weighted by Crippen LogP contribution is -2.13. The van der Waals surface area contributed by atoms with Crippen molar-refractivity contribution in [2.24, 2.45) is 0 Å². The van der Waals surface area contributed by atoms with E-state index in [1.54, 1.807) is 34.9 Å². The van der Waals surface area contributed by atoms with Crippen LogP contribution in [0.15, 0.2) is 57.7 Å². The number of benzene rings is 2. The third kappa shape index (κ3) is 2.40. The smallest absolute Gasteiger partial charge is 0.408 e. The summed E-state index contributed by atoms with van der Waals surface area (Å²) in [5.41, 5.74) is 2.32. The molecule has 4 nitrogen and oxygen atoms in total. The third-order valence-electron chi connectivity index (χ3n) is 3.41. The fourth-order valence-electron chi connectivity index (χ4n) is 2.40. The van der Waals surface area contributed by atoms with Gasteiger partial charge in [0.25, 0.3) is 0 Å². The molecule has 106 valence electrons. The van der Waals surface area contributed by atoms with Gasteiger partial charge in [-0.3, -0.25) is 9.36 Å². The number of ketones is 1. The Hall–Kier alpha value is -2.62. The number of aryl methyl sites for hydroxylation is 1. The number of aromatic nitrogens is 1. The fourth-order valence-corrected chi connectivity index (χ4v) is 2.40. The van der Waals surface area contributed by atoms with Gasteiger partial charge in [0.15, 0.2) is 11.4 Å². The number of rotatable bonds is 4. The molecule has 0 bridgehead atoms. The molecule has 0 aliphatic rings. The molecule has 0 aliphatic carbocycles. The lowest BCUT2D eigenvalue weighted by atomic mass is 10.0. The Bertz CT molecular complexity index is 843. The minimum atomic E-state index is -0.379. The van der Waals surface area contributed by atoms with E-state index in [0.29, 0.717) is 23.3 Å². The second kappa shape index (κ2) is 5.40. The average Bonchev–Trinajstić information content (AvgIpc) is 2.83. The lowest BCUT2D eigenvalue weighted by Gasteiger charge is -2.02. The van der Waals surface area contributed by atoms with Gasteiger partial charge in [-0.15, -0.1) is 0 Å². The van der Waals surface area contributed by atoms with Crippen molar-refractivity contribution in [2.75, 3.05) is 0 Å². The summed E-state index contributed by atoms with van der Waals surface area (Å²) in [6.07, 6.45) is 0.846. The maximum Gasteiger partial charge on any atom is 0.419 e. The standard InChI is InChI=1S/C17H15NO3/c1-2-10-18-14-9-8-13(11-15(14)21-17(18)20)16(19)12-6-4-3-5-7-12/h3-9,11H,2,10H2,1H3. The van der Waals surface area contributed by atoms with Crippen LogP contribution >= 0.6 is 0 Å². The van der Waals surface area contributed by atoms with E-state index < -0.39 is 0 Å². The van der Waals surface area contributed by atoms with E-state index in [9.17, 15) is 9.59 Å². The molecule has 0 amide bonds. The number of carbonyl (C=O) groups excluding carboxylic acids is 1. The molecule has 2 aromatic carbocycles. The van der Waals surface area contributed by atoms with Crippen LogP contribution in [0.3, 0.4) is 0 Å². The van der Waals surface area contributed by atoms with Crippen LogP contribution in [-0.2, 0) is 6.54 Å². The Morgan fingerprint density at radius 2 is 1.86 bits per heavy atom. The van der Waals surface area contributed by atoms with E-state index >= 15 is 0 Å². The predicted octanol–water partition coefficient (Wildman–Crippen LogP) is 3.24. The normalized spacial score (nSPS) is 10.9. The maximum atomic E-state index is 12.4. The summed E-state index contributed by atoms with van der Waals surface area (Å²) in [6, 6.07) is 14.2. The molecule has 3 aromatic rings.